The van der Waals surface area contributed by atoms with Crippen LogP contribution in [0.4, 0.5) is 0 Å². The Hall–Kier alpha value is -0.790. The van der Waals surface area contributed by atoms with Crippen LogP contribution in [0.2, 0.25) is 0 Å². The van der Waals surface area contributed by atoms with E-state index in [0.717, 1.165) is 18.7 Å². The summed E-state index contributed by atoms with van der Waals surface area (Å²) in [6.45, 7) is 6.37. The highest BCUT2D eigenvalue weighted by Gasteiger charge is 2.13. The highest BCUT2D eigenvalue weighted by Crippen LogP contribution is 2.13. The second-order valence-corrected chi connectivity index (χ2v) is 2.88. The largest absolute Gasteiger partial charge is 0.367 e. The molecule has 0 saturated heterocycles. The van der Waals surface area contributed by atoms with Crippen LogP contribution in [0.1, 0.15) is 33.6 Å². The average Bonchev–Trinajstić information content (AvgIpc) is 2.04. The van der Waals surface area contributed by atoms with Crippen LogP contribution in [0.3, 0.4) is 0 Å². The fraction of sp³-hybridized carbons (Fsp3) is 0.667. The van der Waals surface area contributed by atoms with E-state index in [0.29, 0.717) is 6.04 Å². The summed E-state index contributed by atoms with van der Waals surface area (Å²) in [7, 11) is 0. The maximum Gasteiger partial charge on any atom is 0.0988 e. The summed E-state index contributed by atoms with van der Waals surface area (Å²) in [5, 5.41) is 3.35. The van der Waals surface area contributed by atoms with Gasteiger partial charge >= 0.3 is 0 Å². The van der Waals surface area contributed by atoms with Crippen LogP contribution >= 0.6 is 0 Å². The van der Waals surface area contributed by atoms with Gasteiger partial charge in [-0.1, -0.05) is 13.8 Å². The lowest BCUT2D eigenvalue weighted by molar-refractivity contribution is 0.634. The second-order valence-electron chi connectivity index (χ2n) is 2.88. The van der Waals surface area contributed by atoms with Crippen molar-refractivity contribution in [3.05, 3.63) is 11.8 Å². The third-order valence-electron chi connectivity index (χ3n) is 2.07. The summed E-state index contributed by atoms with van der Waals surface area (Å²) in [4.78, 5) is 4.22. The van der Waals surface area contributed by atoms with E-state index in [2.05, 4.69) is 24.2 Å². The molecule has 1 rings (SSSR count). The second kappa shape index (κ2) is 3.56. The van der Waals surface area contributed by atoms with Crippen LogP contribution in [0.5, 0.6) is 0 Å². The lowest BCUT2D eigenvalue weighted by Gasteiger charge is -2.23. The molecule has 1 N–H and O–H groups in total. The average molecular weight is 152 g/mol. The zero-order chi connectivity index (χ0) is 8.27. The molecule has 0 amide bonds. The Kier molecular flexibility index (Phi) is 2.69. The SMILES string of the molecule is CCC1=CN=C(C)NC1CC. The van der Waals surface area contributed by atoms with Crippen LogP contribution in [0.15, 0.2) is 16.8 Å². The molecule has 1 atom stereocenters. The van der Waals surface area contributed by atoms with Gasteiger partial charge < -0.3 is 5.32 Å². The molecule has 0 spiro atoms. The van der Waals surface area contributed by atoms with Crippen LogP contribution in [-0.4, -0.2) is 11.9 Å². The minimum atomic E-state index is 0.525. The third kappa shape index (κ3) is 1.82. The van der Waals surface area contributed by atoms with Crippen molar-refractivity contribution in [2.24, 2.45) is 4.99 Å². The molecular formula is C9H16N2. The quantitative estimate of drug-likeness (QED) is 0.643. The molecule has 1 unspecified atom stereocenters. The summed E-state index contributed by atoms with van der Waals surface area (Å²) in [5.74, 6) is 1.04. The first-order chi connectivity index (χ1) is 5.27. The maximum absolute atomic E-state index is 4.22. The number of nitrogens with zero attached hydrogens (tertiary/aromatic N) is 1. The fourth-order valence-corrected chi connectivity index (χ4v) is 1.35. The van der Waals surface area contributed by atoms with Gasteiger partial charge in [0.15, 0.2) is 0 Å². The normalized spacial score (nSPS) is 23.7. The minimum Gasteiger partial charge on any atom is -0.367 e. The first kappa shape index (κ1) is 8.31. The molecule has 0 radical (unpaired) electrons. The van der Waals surface area contributed by atoms with Crippen LogP contribution in [0.25, 0.3) is 0 Å². The molecular weight excluding hydrogens is 136 g/mol. The van der Waals surface area contributed by atoms with E-state index in [4.69, 9.17) is 0 Å². The number of aliphatic imine (C=N–C) groups is 1. The topological polar surface area (TPSA) is 24.4 Å². The zero-order valence-electron chi connectivity index (χ0n) is 7.52. The van der Waals surface area contributed by atoms with Crippen molar-refractivity contribution < 1.29 is 0 Å². The van der Waals surface area contributed by atoms with Crippen LogP contribution in [-0.2, 0) is 0 Å². The standard InChI is InChI=1S/C9H16N2/c1-4-8-6-10-7(3)11-9(8)5-2/h6,9H,4-5H2,1-3H3,(H,10,11). The van der Waals surface area contributed by atoms with Gasteiger partial charge in [-0.25, -0.2) is 4.99 Å². The molecule has 0 fully saturated rings. The van der Waals surface area contributed by atoms with Crippen LogP contribution in [0, 0.1) is 0 Å². The molecule has 1 aliphatic heterocycles. The molecule has 2 heteroatoms. The van der Waals surface area contributed by atoms with Crippen molar-refractivity contribution in [1.29, 1.82) is 0 Å². The van der Waals surface area contributed by atoms with Crippen molar-refractivity contribution in [3.63, 3.8) is 0 Å². The molecule has 0 saturated carbocycles. The number of rotatable bonds is 2. The Balaban J connectivity index is 2.71. The Labute approximate surface area is 68.4 Å². The summed E-state index contributed by atoms with van der Waals surface area (Å²) in [6, 6.07) is 0.525. The zero-order valence-corrected chi connectivity index (χ0v) is 7.52. The van der Waals surface area contributed by atoms with Crippen LogP contribution < -0.4 is 5.32 Å². The Morgan fingerprint density at radius 3 is 2.82 bits per heavy atom. The van der Waals surface area contributed by atoms with E-state index in [-0.39, 0.29) is 0 Å². The van der Waals surface area contributed by atoms with E-state index in [1.165, 1.54) is 5.57 Å². The molecule has 2 nitrogen and oxygen atoms in total. The number of hydrogen-bond donors (Lipinski definition) is 1. The number of nitrogens with one attached hydrogen (secondary N) is 1. The molecule has 0 aromatic heterocycles. The summed E-state index contributed by atoms with van der Waals surface area (Å²) >= 11 is 0. The van der Waals surface area contributed by atoms with Gasteiger partial charge in [0.2, 0.25) is 0 Å². The monoisotopic (exact) mass is 152 g/mol. The van der Waals surface area contributed by atoms with E-state index in [1.54, 1.807) is 0 Å². The van der Waals surface area contributed by atoms with Crippen molar-refractivity contribution >= 4 is 5.84 Å². The maximum atomic E-state index is 4.22. The van der Waals surface area contributed by atoms with E-state index in [1.807, 2.05) is 13.1 Å². The van der Waals surface area contributed by atoms with E-state index in [9.17, 15) is 0 Å². The molecule has 0 aromatic rings. The van der Waals surface area contributed by atoms with E-state index < -0.39 is 0 Å². The Morgan fingerprint density at radius 1 is 1.55 bits per heavy atom. The summed E-state index contributed by atoms with van der Waals surface area (Å²) < 4.78 is 0. The van der Waals surface area contributed by atoms with Gasteiger partial charge in [-0.15, -0.1) is 0 Å². The van der Waals surface area contributed by atoms with Crippen molar-refractivity contribution in [1.82, 2.24) is 5.32 Å². The smallest absolute Gasteiger partial charge is 0.0988 e. The number of hydrogen-bond acceptors (Lipinski definition) is 2. The highest BCUT2D eigenvalue weighted by atomic mass is 15.0. The molecule has 1 heterocycles. The van der Waals surface area contributed by atoms with Gasteiger partial charge in [-0.3, -0.25) is 0 Å². The lowest BCUT2D eigenvalue weighted by atomic mass is 10.0. The lowest BCUT2D eigenvalue weighted by Crippen LogP contribution is -2.36. The molecule has 0 aromatic carbocycles. The molecule has 1 aliphatic rings. The van der Waals surface area contributed by atoms with Gasteiger partial charge in [0.05, 0.1) is 5.84 Å². The predicted molar refractivity (Wildman–Crippen MR) is 48.7 cm³/mol. The van der Waals surface area contributed by atoms with E-state index >= 15 is 0 Å². The first-order valence-corrected chi connectivity index (χ1v) is 4.27. The molecule has 0 bridgehead atoms. The molecule has 62 valence electrons. The third-order valence-corrected chi connectivity index (χ3v) is 2.07. The highest BCUT2D eigenvalue weighted by molar-refractivity contribution is 5.81. The molecule has 0 aliphatic carbocycles. The van der Waals surface area contributed by atoms with Gasteiger partial charge in [0.25, 0.3) is 0 Å². The Bertz CT molecular complexity index is 192. The predicted octanol–water partition coefficient (Wildman–Crippen LogP) is 2.08. The first-order valence-electron chi connectivity index (χ1n) is 4.27. The molecule has 11 heavy (non-hydrogen) atoms. The van der Waals surface area contributed by atoms with Crippen molar-refractivity contribution in [3.8, 4) is 0 Å². The van der Waals surface area contributed by atoms with Gasteiger partial charge in [-0.2, -0.15) is 0 Å². The fourth-order valence-electron chi connectivity index (χ4n) is 1.35. The van der Waals surface area contributed by atoms with Crippen molar-refractivity contribution in [2.75, 3.05) is 0 Å². The van der Waals surface area contributed by atoms with Gasteiger partial charge in [0.1, 0.15) is 0 Å². The van der Waals surface area contributed by atoms with Gasteiger partial charge in [-0.05, 0) is 25.3 Å². The minimum absolute atomic E-state index is 0.525. The number of amidine groups is 1. The van der Waals surface area contributed by atoms with Gasteiger partial charge in [0, 0.05) is 12.2 Å². The Morgan fingerprint density at radius 2 is 2.27 bits per heavy atom. The summed E-state index contributed by atoms with van der Waals surface area (Å²) in [6.07, 6.45) is 4.24. The summed E-state index contributed by atoms with van der Waals surface area (Å²) in [5.41, 5.74) is 1.41. The van der Waals surface area contributed by atoms with Crippen molar-refractivity contribution in [2.45, 2.75) is 39.7 Å².